The second kappa shape index (κ2) is 11.7. The summed E-state index contributed by atoms with van der Waals surface area (Å²) in [6, 6.07) is 14.9. The van der Waals surface area contributed by atoms with Crippen molar-refractivity contribution in [3.05, 3.63) is 65.4 Å². The lowest BCUT2D eigenvalue weighted by Gasteiger charge is -2.11. The van der Waals surface area contributed by atoms with Gasteiger partial charge in [0.15, 0.2) is 0 Å². The second-order valence-electron chi connectivity index (χ2n) is 6.98. The van der Waals surface area contributed by atoms with Gasteiger partial charge in [0.25, 0.3) is 5.91 Å². The zero-order valence-electron chi connectivity index (χ0n) is 17.5. The fraction of sp³-hybridized carbons (Fsp3) is 0.333. The maximum absolute atomic E-state index is 12.7. The lowest BCUT2D eigenvalue weighted by molar-refractivity contribution is -0.120. The molecule has 2 aromatic rings. The Hall–Kier alpha value is -3.08. The third kappa shape index (κ3) is 7.82. The van der Waals surface area contributed by atoms with Gasteiger partial charge in [-0.1, -0.05) is 50.5 Å². The molecular formula is C24H30N2O3. The number of hydrogen-bond acceptors (Lipinski definition) is 3. The average molecular weight is 395 g/mol. The van der Waals surface area contributed by atoms with Gasteiger partial charge in [-0.2, -0.15) is 0 Å². The Morgan fingerprint density at radius 2 is 1.72 bits per heavy atom. The number of unbranched alkanes of at least 4 members (excludes halogenated alkanes) is 3. The summed E-state index contributed by atoms with van der Waals surface area (Å²) < 4.78 is 5.72. The molecule has 0 aliphatic carbocycles. The monoisotopic (exact) mass is 394 g/mol. The third-order valence-corrected chi connectivity index (χ3v) is 4.42. The Morgan fingerprint density at radius 3 is 2.38 bits per heavy atom. The molecule has 0 aliphatic rings. The van der Waals surface area contributed by atoms with E-state index in [1.807, 2.05) is 43.3 Å². The third-order valence-electron chi connectivity index (χ3n) is 4.42. The number of anilines is 1. The molecule has 154 valence electrons. The largest absolute Gasteiger partial charge is 0.494 e. The van der Waals surface area contributed by atoms with Crippen LogP contribution in [0.2, 0.25) is 0 Å². The van der Waals surface area contributed by atoms with E-state index in [4.69, 9.17) is 4.74 Å². The summed E-state index contributed by atoms with van der Waals surface area (Å²) in [7, 11) is 0. The molecule has 2 amide bonds. The number of nitrogens with one attached hydrogen (secondary N) is 2. The smallest absolute Gasteiger partial charge is 0.272 e. The predicted octanol–water partition coefficient (Wildman–Crippen LogP) is 5.07. The minimum Gasteiger partial charge on any atom is -0.494 e. The summed E-state index contributed by atoms with van der Waals surface area (Å²) in [6.45, 7) is 6.21. The second-order valence-corrected chi connectivity index (χ2v) is 6.98. The van der Waals surface area contributed by atoms with Crippen LogP contribution in [-0.4, -0.2) is 18.4 Å². The SMILES string of the molecule is CCCCCCOc1ccc(NC(=O)C(=Cc2ccccc2C)NC(C)=O)cc1. The maximum Gasteiger partial charge on any atom is 0.272 e. The predicted molar refractivity (Wildman–Crippen MR) is 118 cm³/mol. The molecule has 0 radical (unpaired) electrons. The van der Waals surface area contributed by atoms with Crippen molar-refractivity contribution in [2.24, 2.45) is 0 Å². The Balaban J connectivity index is 2.01. The van der Waals surface area contributed by atoms with Crippen molar-refractivity contribution in [2.75, 3.05) is 11.9 Å². The highest BCUT2D eigenvalue weighted by Gasteiger charge is 2.12. The van der Waals surface area contributed by atoms with E-state index >= 15 is 0 Å². The van der Waals surface area contributed by atoms with Crippen molar-refractivity contribution in [1.29, 1.82) is 0 Å². The van der Waals surface area contributed by atoms with Crippen LogP contribution in [0.15, 0.2) is 54.2 Å². The summed E-state index contributed by atoms with van der Waals surface area (Å²) >= 11 is 0. The molecule has 2 N–H and O–H groups in total. The van der Waals surface area contributed by atoms with Gasteiger partial charge in [-0.3, -0.25) is 9.59 Å². The number of amides is 2. The van der Waals surface area contributed by atoms with Gasteiger partial charge in [0.05, 0.1) is 6.61 Å². The van der Waals surface area contributed by atoms with Crippen molar-refractivity contribution in [2.45, 2.75) is 46.5 Å². The molecular weight excluding hydrogens is 364 g/mol. The number of rotatable bonds is 10. The molecule has 0 fully saturated rings. The van der Waals surface area contributed by atoms with Gasteiger partial charge in [-0.05, 0) is 54.8 Å². The number of benzene rings is 2. The molecule has 0 aromatic heterocycles. The van der Waals surface area contributed by atoms with Crippen LogP contribution >= 0.6 is 0 Å². The van der Waals surface area contributed by atoms with Crippen LogP contribution in [0.1, 0.15) is 50.7 Å². The molecule has 0 spiro atoms. The standard InChI is InChI=1S/C24H30N2O3/c1-4-5-6-9-16-29-22-14-12-21(13-15-22)26-24(28)23(25-19(3)27)17-20-11-8-7-10-18(20)2/h7-8,10-15,17H,4-6,9,16H2,1-3H3,(H,25,27)(H,26,28). The molecule has 0 heterocycles. The van der Waals surface area contributed by atoms with Crippen molar-refractivity contribution in [3.63, 3.8) is 0 Å². The topological polar surface area (TPSA) is 67.4 Å². The lowest BCUT2D eigenvalue weighted by Crippen LogP contribution is -2.29. The van der Waals surface area contributed by atoms with Crippen LogP contribution in [0, 0.1) is 6.92 Å². The normalized spacial score (nSPS) is 11.1. The Bertz CT molecular complexity index is 841. The number of aryl methyl sites for hydroxylation is 1. The molecule has 29 heavy (non-hydrogen) atoms. The first-order valence-electron chi connectivity index (χ1n) is 10.1. The minimum absolute atomic E-state index is 0.197. The summed E-state index contributed by atoms with van der Waals surface area (Å²) in [5.41, 5.74) is 2.72. The van der Waals surface area contributed by atoms with Crippen LogP contribution in [0.4, 0.5) is 5.69 Å². The minimum atomic E-state index is -0.378. The van der Waals surface area contributed by atoms with E-state index in [0.29, 0.717) is 12.3 Å². The molecule has 0 atom stereocenters. The molecule has 0 saturated carbocycles. The Morgan fingerprint density at radius 1 is 1.00 bits per heavy atom. The van der Waals surface area contributed by atoms with E-state index in [-0.39, 0.29) is 17.5 Å². The highest BCUT2D eigenvalue weighted by Crippen LogP contribution is 2.18. The molecule has 2 aromatic carbocycles. The molecule has 0 bridgehead atoms. The zero-order chi connectivity index (χ0) is 21.1. The van der Waals surface area contributed by atoms with Gasteiger partial charge in [-0.25, -0.2) is 0 Å². The summed E-state index contributed by atoms with van der Waals surface area (Å²) in [5.74, 6) is 0.0977. The summed E-state index contributed by atoms with van der Waals surface area (Å²) in [4.78, 5) is 24.2. The number of hydrogen-bond donors (Lipinski definition) is 2. The molecule has 5 heteroatoms. The van der Waals surface area contributed by atoms with E-state index in [1.165, 1.54) is 26.2 Å². The van der Waals surface area contributed by atoms with E-state index in [1.54, 1.807) is 18.2 Å². The quantitative estimate of drug-likeness (QED) is 0.437. The van der Waals surface area contributed by atoms with Gasteiger partial charge in [-0.15, -0.1) is 0 Å². The number of ether oxygens (including phenoxy) is 1. The molecule has 0 unspecified atom stereocenters. The van der Waals surface area contributed by atoms with E-state index < -0.39 is 0 Å². The summed E-state index contributed by atoms with van der Waals surface area (Å²) in [6.07, 6.45) is 6.31. The van der Waals surface area contributed by atoms with Crippen LogP contribution in [0.5, 0.6) is 5.75 Å². The van der Waals surface area contributed by atoms with E-state index in [2.05, 4.69) is 17.6 Å². The van der Waals surface area contributed by atoms with Gasteiger partial charge >= 0.3 is 0 Å². The first kappa shape index (κ1) is 22.2. The lowest BCUT2D eigenvalue weighted by atomic mass is 10.1. The highest BCUT2D eigenvalue weighted by atomic mass is 16.5. The Kier molecular flexibility index (Phi) is 8.96. The highest BCUT2D eigenvalue weighted by molar-refractivity contribution is 6.08. The molecule has 5 nitrogen and oxygen atoms in total. The van der Waals surface area contributed by atoms with E-state index in [0.717, 1.165) is 23.3 Å². The Labute approximate surface area is 173 Å². The average Bonchev–Trinajstić information content (AvgIpc) is 2.70. The van der Waals surface area contributed by atoms with Gasteiger partial charge in [0.1, 0.15) is 11.4 Å². The number of carbonyl (C=O) groups excluding carboxylic acids is 2. The van der Waals surface area contributed by atoms with E-state index in [9.17, 15) is 9.59 Å². The maximum atomic E-state index is 12.7. The first-order valence-corrected chi connectivity index (χ1v) is 10.1. The van der Waals surface area contributed by atoms with Gasteiger partial charge < -0.3 is 15.4 Å². The van der Waals surface area contributed by atoms with Crippen molar-refractivity contribution >= 4 is 23.6 Å². The molecule has 0 saturated heterocycles. The first-order chi connectivity index (χ1) is 14.0. The van der Waals surface area contributed by atoms with Crippen LogP contribution in [0.3, 0.4) is 0 Å². The van der Waals surface area contributed by atoms with Gasteiger partial charge in [0.2, 0.25) is 5.91 Å². The van der Waals surface area contributed by atoms with Crippen molar-refractivity contribution in [1.82, 2.24) is 5.32 Å². The summed E-state index contributed by atoms with van der Waals surface area (Å²) in [5, 5.41) is 5.44. The fourth-order valence-corrected chi connectivity index (χ4v) is 2.80. The molecule has 2 rings (SSSR count). The number of carbonyl (C=O) groups is 2. The van der Waals surface area contributed by atoms with Crippen molar-refractivity contribution < 1.29 is 14.3 Å². The fourth-order valence-electron chi connectivity index (χ4n) is 2.80. The van der Waals surface area contributed by atoms with Gasteiger partial charge in [0, 0.05) is 12.6 Å². The zero-order valence-corrected chi connectivity index (χ0v) is 17.5. The van der Waals surface area contributed by atoms with Crippen LogP contribution < -0.4 is 15.4 Å². The van der Waals surface area contributed by atoms with Crippen LogP contribution in [0.25, 0.3) is 6.08 Å². The molecule has 0 aliphatic heterocycles. The van der Waals surface area contributed by atoms with Crippen molar-refractivity contribution in [3.8, 4) is 5.75 Å². The van der Waals surface area contributed by atoms with Crippen LogP contribution in [-0.2, 0) is 9.59 Å².